The fraction of sp³-hybridized carbons (Fsp3) is 0.308. The van der Waals surface area contributed by atoms with Crippen LogP contribution in [0.2, 0.25) is 0 Å². The first kappa shape index (κ1) is 11.5. The third kappa shape index (κ3) is 2.78. The Morgan fingerprint density at radius 3 is 2.94 bits per heavy atom. The first-order valence-corrected chi connectivity index (χ1v) is 5.69. The molecule has 1 aromatic heterocycles. The van der Waals surface area contributed by atoms with Gasteiger partial charge in [-0.05, 0) is 19.1 Å². The van der Waals surface area contributed by atoms with Crippen molar-refractivity contribution < 1.29 is 4.74 Å². The number of aromatic amines is 1. The van der Waals surface area contributed by atoms with E-state index in [1.54, 1.807) is 13.4 Å². The molecule has 90 valence electrons. The van der Waals surface area contributed by atoms with Crippen molar-refractivity contribution in [3.63, 3.8) is 0 Å². The number of anilines is 1. The van der Waals surface area contributed by atoms with Crippen molar-refractivity contribution >= 4 is 5.69 Å². The highest BCUT2D eigenvalue weighted by atomic mass is 16.5. The zero-order chi connectivity index (χ0) is 12.1. The topological polar surface area (TPSA) is 41.2 Å². The monoisotopic (exact) mass is 231 g/mol. The third-order valence-electron chi connectivity index (χ3n) is 2.72. The van der Waals surface area contributed by atoms with Gasteiger partial charge in [-0.15, -0.1) is 0 Å². The Balaban J connectivity index is 2.16. The molecule has 0 radical (unpaired) electrons. The maximum absolute atomic E-state index is 5.24. The Morgan fingerprint density at radius 2 is 2.29 bits per heavy atom. The largest absolute Gasteiger partial charge is 0.497 e. The summed E-state index contributed by atoms with van der Waals surface area (Å²) in [5, 5.41) is 0. The summed E-state index contributed by atoms with van der Waals surface area (Å²) in [4.78, 5) is 9.41. The van der Waals surface area contributed by atoms with Crippen molar-refractivity contribution in [3.8, 4) is 5.75 Å². The average molecular weight is 231 g/mol. The first-order chi connectivity index (χ1) is 8.33. The SMILES string of the molecule is CCN(Cc1cnc[nH]1)c1cccc(OC)c1. The number of imidazole rings is 1. The van der Waals surface area contributed by atoms with E-state index in [0.717, 1.165) is 30.2 Å². The molecule has 0 saturated heterocycles. The van der Waals surface area contributed by atoms with Gasteiger partial charge in [-0.3, -0.25) is 0 Å². The molecule has 0 bridgehead atoms. The number of nitrogens with one attached hydrogen (secondary N) is 1. The Labute approximate surface area is 101 Å². The molecule has 1 N–H and O–H groups in total. The summed E-state index contributed by atoms with van der Waals surface area (Å²) in [6.45, 7) is 3.89. The van der Waals surface area contributed by atoms with Crippen LogP contribution in [0.15, 0.2) is 36.8 Å². The van der Waals surface area contributed by atoms with Crippen molar-refractivity contribution in [1.29, 1.82) is 0 Å². The fourth-order valence-corrected chi connectivity index (χ4v) is 1.77. The van der Waals surface area contributed by atoms with E-state index in [2.05, 4.69) is 27.9 Å². The maximum atomic E-state index is 5.24. The van der Waals surface area contributed by atoms with Crippen LogP contribution in [0.25, 0.3) is 0 Å². The number of H-pyrrole nitrogens is 1. The summed E-state index contributed by atoms with van der Waals surface area (Å²) < 4.78 is 5.24. The van der Waals surface area contributed by atoms with E-state index in [1.165, 1.54) is 0 Å². The molecule has 2 aromatic rings. The van der Waals surface area contributed by atoms with E-state index in [-0.39, 0.29) is 0 Å². The predicted octanol–water partition coefficient (Wildman–Crippen LogP) is 2.44. The number of rotatable bonds is 5. The van der Waals surface area contributed by atoms with Crippen molar-refractivity contribution in [2.24, 2.45) is 0 Å². The van der Waals surface area contributed by atoms with Crippen LogP contribution in [0.5, 0.6) is 5.75 Å². The minimum atomic E-state index is 0.823. The van der Waals surface area contributed by atoms with Crippen molar-refractivity contribution in [2.75, 3.05) is 18.6 Å². The minimum Gasteiger partial charge on any atom is -0.497 e. The lowest BCUT2D eigenvalue weighted by molar-refractivity contribution is 0.415. The zero-order valence-corrected chi connectivity index (χ0v) is 10.2. The molecular weight excluding hydrogens is 214 g/mol. The third-order valence-corrected chi connectivity index (χ3v) is 2.72. The van der Waals surface area contributed by atoms with Crippen LogP contribution in [0.1, 0.15) is 12.6 Å². The smallest absolute Gasteiger partial charge is 0.120 e. The Kier molecular flexibility index (Phi) is 3.65. The Hall–Kier alpha value is -1.97. The molecule has 0 unspecified atom stereocenters. The standard InChI is InChI=1S/C13H17N3O/c1-3-16(9-11-8-14-10-15-11)12-5-4-6-13(7-12)17-2/h4-8,10H,3,9H2,1-2H3,(H,14,15). The molecule has 0 amide bonds. The summed E-state index contributed by atoms with van der Waals surface area (Å²) in [6.07, 6.45) is 3.55. The first-order valence-electron chi connectivity index (χ1n) is 5.69. The van der Waals surface area contributed by atoms with E-state index in [1.807, 2.05) is 24.4 Å². The molecule has 17 heavy (non-hydrogen) atoms. The van der Waals surface area contributed by atoms with Gasteiger partial charge in [0.2, 0.25) is 0 Å². The van der Waals surface area contributed by atoms with Gasteiger partial charge in [-0.1, -0.05) is 6.07 Å². The van der Waals surface area contributed by atoms with Gasteiger partial charge in [0.25, 0.3) is 0 Å². The summed E-state index contributed by atoms with van der Waals surface area (Å²) in [6, 6.07) is 8.08. The molecule has 2 rings (SSSR count). The molecule has 4 nitrogen and oxygen atoms in total. The number of benzene rings is 1. The van der Waals surface area contributed by atoms with Crippen LogP contribution in [-0.4, -0.2) is 23.6 Å². The molecule has 4 heteroatoms. The second-order valence-electron chi connectivity index (χ2n) is 3.79. The molecule has 1 aromatic carbocycles. The second kappa shape index (κ2) is 5.39. The molecule has 0 spiro atoms. The van der Waals surface area contributed by atoms with Crippen LogP contribution in [-0.2, 0) is 6.54 Å². The van der Waals surface area contributed by atoms with Crippen molar-refractivity contribution in [1.82, 2.24) is 9.97 Å². The Morgan fingerprint density at radius 1 is 1.41 bits per heavy atom. The van der Waals surface area contributed by atoms with Gasteiger partial charge in [0.15, 0.2) is 0 Å². The van der Waals surface area contributed by atoms with Gasteiger partial charge < -0.3 is 14.6 Å². The molecular formula is C13H17N3O. The highest BCUT2D eigenvalue weighted by Crippen LogP contribution is 2.21. The van der Waals surface area contributed by atoms with Crippen molar-refractivity contribution in [2.45, 2.75) is 13.5 Å². The number of methoxy groups -OCH3 is 1. The molecule has 0 saturated carbocycles. The average Bonchev–Trinajstić information content (AvgIpc) is 2.89. The van der Waals surface area contributed by atoms with Crippen LogP contribution in [0.4, 0.5) is 5.69 Å². The summed E-state index contributed by atoms with van der Waals surface area (Å²) in [5.41, 5.74) is 2.26. The number of nitrogens with zero attached hydrogens (tertiary/aromatic N) is 2. The van der Waals surface area contributed by atoms with Crippen LogP contribution < -0.4 is 9.64 Å². The fourth-order valence-electron chi connectivity index (χ4n) is 1.77. The number of hydrogen-bond donors (Lipinski definition) is 1. The molecule has 0 fully saturated rings. The second-order valence-corrected chi connectivity index (χ2v) is 3.79. The van der Waals surface area contributed by atoms with E-state index in [0.29, 0.717) is 0 Å². The van der Waals surface area contributed by atoms with Gasteiger partial charge in [0, 0.05) is 24.5 Å². The van der Waals surface area contributed by atoms with E-state index < -0.39 is 0 Å². The molecule has 1 heterocycles. The number of hydrogen-bond acceptors (Lipinski definition) is 3. The highest BCUT2D eigenvalue weighted by Gasteiger charge is 2.06. The minimum absolute atomic E-state index is 0.823. The summed E-state index contributed by atoms with van der Waals surface area (Å²) >= 11 is 0. The zero-order valence-electron chi connectivity index (χ0n) is 10.2. The van der Waals surface area contributed by atoms with Gasteiger partial charge in [-0.25, -0.2) is 4.98 Å². The molecule has 0 aliphatic carbocycles. The van der Waals surface area contributed by atoms with E-state index in [4.69, 9.17) is 4.74 Å². The van der Waals surface area contributed by atoms with Gasteiger partial charge in [0.05, 0.1) is 25.7 Å². The predicted molar refractivity (Wildman–Crippen MR) is 68.3 cm³/mol. The lowest BCUT2D eigenvalue weighted by atomic mass is 10.2. The summed E-state index contributed by atoms with van der Waals surface area (Å²) in [5.74, 6) is 0.880. The Bertz CT molecular complexity index is 453. The lowest BCUT2D eigenvalue weighted by Crippen LogP contribution is -2.22. The van der Waals surface area contributed by atoms with Gasteiger partial charge in [-0.2, -0.15) is 0 Å². The van der Waals surface area contributed by atoms with Gasteiger partial charge in [0.1, 0.15) is 5.75 Å². The maximum Gasteiger partial charge on any atom is 0.120 e. The van der Waals surface area contributed by atoms with E-state index in [9.17, 15) is 0 Å². The highest BCUT2D eigenvalue weighted by molar-refractivity contribution is 5.50. The number of ether oxygens (including phenoxy) is 1. The normalized spacial score (nSPS) is 10.2. The molecule has 0 aliphatic heterocycles. The van der Waals surface area contributed by atoms with Gasteiger partial charge >= 0.3 is 0 Å². The van der Waals surface area contributed by atoms with E-state index >= 15 is 0 Å². The lowest BCUT2D eigenvalue weighted by Gasteiger charge is -2.22. The molecule has 0 aliphatic rings. The van der Waals surface area contributed by atoms with Crippen LogP contribution >= 0.6 is 0 Å². The van der Waals surface area contributed by atoms with Crippen molar-refractivity contribution in [3.05, 3.63) is 42.5 Å². The quantitative estimate of drug-likeness (QED) is 0.859. The van der Waals surface area contributed by atoms with Crippen LogP contribution in [0.3, 0.4) is 0 Å². The van der Waals surface area contributed by atoms with Crippen LogP contribution in [0, 0.1) is 0 Å². The number of aromatic nitrogens is 2. The summed E-state index contributed by atoms with van der Waals surface area (Å²) in [7, 11) is 1.68. The molecule has 0 atom stereocenters.